The first-order chi connectivity index (χ1) is 7.54. The molecule has 86 valence electrons. The minimum Gasteiger partial charge on any atom is -0.445 e. The number of hydrogen-bond acceptors (Lipinski definition) is 5. The Bertz CT molecular complexity index is 420. The van der Waals surface area contributed by atoms with Crippen LogP contribution in [-0.2, 0) is 9.53 Å². The van der Waals surface area contributed by atoms with Gasteiger partial charge in [0.1, 0.15) is 12.5 Å². The monoisotopic (exact) mass is 306 g/mol. The van der Waals surface area contributed by atoms with Crippen LogP contribution in [0.1, 0.15) is 10.8 Å². The van der Waals surface area contributed by atoms with Gasteiger partial charge in [-0.3, -0.25) is 4.79 Å². The molecule has 0 aliphatic heterocycles. The number of ether oxygens (including phenoxy) is 1. The van der Waals surface area contributed by atoms with Gasteiger partial charge in [0.05, 0.1) is 8.96 Å². The highest BCUT2D eigenvalue weighted by molar-refractivity contribution is 9.11. The summed E-state index contributed by atoms with van der Waals surface area (Å²) >= 11 is 4.53. The van der Waals surface area contributed by atoms with E-state index in [0.29, 0.717) is 4.88 Å². The second kappa shape index (κ2) is 5.71. The number of rotatable bonds is 4. The van der Waals surface area contributed by atoms with Crippen molar-refractivity contribution in [2.24, 2.45) is 10.9 Å². The van der Waals surface area contributed by atoms with Gasteiger partial charge in [0.15, 0.2) is 0 Å². The van der Waals surface area contributed by atoms with E-state index in [1.165, 1.54) is 11.3 Å². The number of nitroso groups, excluding NO2 is 1. The summed E-state index contributed by atoms with van der Waals surface area (Å²) in [5.41, 5.74) is 5.16. The lowest BCUT2D eigenvalue weighted by Crippen LogP contribution is -2.25. The highest BCUT2D eigenvalue weighted by Gasteiger charge is 2.21. The zero-order valence-corrected chi connectivity index (χ0v) is 10.3. The van der Waals surface area contributed by atoms with E-state index >= 15 is 0 Å². The maximum Gasteiger partial charge on any atom is 0.470 e. The van der Waals surface area contributed by atoms with Crippen LogP contribution in [0.15, 0.2) is 21.1 Å². The third-order valence-corrected chi connectivity index (χ3v) is 3.47. The fourth-order valence-electron chi connectivity index (χ4n) is 1.00. The number of thiophene rings is 1. The number of halogens is 1. The molecule has 0 aliphatic rings. The SMILES string of the molecule is NC(=O)[C@H](COC(=O)N=O)c1ccc(Br)s1. The average molecular weight is 307 g/mol. The topological polar surface area (TPSA) is 98.8 Å². The fraction of sp³-hybridized carbons (Fsp3) is 0.250. The van der Waals surface area contributed by atoms with Gasteiger partial charge in [0.25, 0.3) is 0 Å². The molecule has 1 rings (SSSR count). The van der Waals surface area contributed by atoms with Crippen molar-refractivity contribution in [1.29, 1.82) is 0 Å². The molecule has 6 nitrogen and oxygen atoms in total. The zero-order valence-electron chi connectivity index (χ0n) is 7.88. The standard InChI is InChI=1S/C8H7BrN2O4S/c9-6-2-1-5(16-6)4(7(10)12)3-15-8(13)11-14/h1-2,4H,3H2,(H2,10,12)/t4-/m1/s1. The Balaban J connectivity index is 2.72. The van der Waals surface area contributed by atoms with E-state index in [1.54, 1.807) is 12.1 Å². The summed E-state index contributed by atoms with van der Waals surface area (Å²) in [6, 6.07) is 3.43. The van der Waals surface area contributed by atoms with Gasteiger partial charge < -0.3 is 10.5 Å². The number of nitrogens with two attached hydrogens (primary N) is 1. The van der Waals surface area contributed by atoms with Gasteiger partial charge in [0, 0.05) is 4.88 Å². The van der Waals surface area contributed by atoms with Crippen molar-refractivity contribution in [2.75, 3.05) is 6.61 Å². The lowest BCUT2D eigenvalue weighted by molar-refractivity contribution is -0.120. The second-order valence-corrected chi connectivity index (χ2v) is 5.26. The molecule has 0 radical (unpaired) electrons. The Morgan fingerprint density at radius 1 is 1.56 bits per heavy atom. The third-order valence-electron chi connectivity index (χ3n) is 1.73. The normalized spacial score (nSPS) is 11.8. The Labute approximate surface area is 103 Å². The predicted octanol–water partition coefficient (Wildman–Crippen LogP) is 1.98. The van der Waals surface area contributed by atoms with Crippen molar-refractivity contribution in [1.82, 2.24) is 0 Å². The molecule has 0 fully saturated rings. The molecule has 16 heavy (non-hydrogen) atoms. The zero-order chi connectivity index (χ0) is 12.1. The summed E-state index contributed by atoms with van der Waals surface area (Å²) in [6.07, 6.45) is -1.26. The highest BCUT2D eigenvalue weighted by atomic mass is 79.9. The maximum atomic E-state index is 11.1. The Hall–Kier alpha value is -1.28. The van der Waals surface area contributed by atoms with Gasteiger partial charge in [-0.1, -0.05) is 0 Å². The Kier molecular flexibility index (Phi) is 4.56. The second-order valence-electron chi connectivity index (χ2n) is 2.77. The van der Waals surface area contributed by atoms with Gasteiger partial charge in [-0.15, -0.1) is 16.2 Å². The van der Waals surface area contributed by atoms with Crippen LogP contribution in [0.3, 0.4) is 0 Å². The van der Waals surface area contributed by atoms with Crippen LogP contribution >= 0.6 is 27.3 Å². The average Bonchev–Trinajstić information content (AvgIpc) is 2.64. The van der Waals surface area contributed by atoms with Crippen LogP contribution < -0.4 is 5.73 Å². The molecule has 2 N–H and O–H groups in total. The van der Waals surface area contributed by atoms with Crippen molar-refractivity contribution in [2.45, 2.75) is 5.92 Å². The number of hydrogen-bond donors (Lipinski definition) is 1. The van der Waals surface area contributed by atoms with Crippen molar-refractivity contribution >= 4 is 39.3 Å². The molecule has 1 heterocycles. The van der Waals surface area contributed by atoms with E-state index in [0.717, 1.165) is 3.79 Å². The van der Waals surface area contributed by atoms with Gasteiger partial charge in [0.2, 0.25) is 5.91 Å². The number of carbonyl (C=O) groups excluding carboxylic acids is 2. The van der Waals surface area contributed by atoms with E-state index in [-0.39, 0.29) is 6.61 Å². The quantitative estimate of drug-likeness (QED) is 0.860. The molecule has 0 aromatic carbocycles. The fourth-order valence-corrected chi connectivity index (χ4v) is 2.52. The number of primary amides is 1. The molecule has 0 bridgehead atoms. The van der Waals surface area contributed by atoms with Crippen LogP contribution in [0.4, 0.5) is 4.79 Å². The minimum absolute atomic E-state index is 0.285. The summed E-state index contributed by atoms with van der Waals surface area (Å²) in [4.78, 5) is 32.1. The van der Waals surface area contributed by atoms with Gasteiger partial charge in [-0.05, 0) is 28.1 Å². The number of nitrogens with zero attached hydrogens (tertiary/aromatic N) is 1. The number of amides is 2. The Morgan fingerprint density at radius 3 is 2.69 bits per heavy atom. The summed E-state index contributed by atoms with van der Waals surface area (Å²) in [5, 5.41) is 2.05. The van der Waals surface area contributed by atoms with Crippen LogP contribution in [0.25, 0.3) is 0 Å². The molecule has 0 spiro atoms. The first-order valence-electron chi connectivity index (χ1n) is 4.09. The van der Waals surface area contributed by atoms with E-state index in [2.05, 4.69) is 20.7 Å². The van der Waals surface area contributed by atoms with Crippen LogP contribution in [0.5, 0.6) is 0 Å². The van der Waals surface area contributed by atoms with E-state index < -0.39 is 17.9 Å². The molecule has 0 aliphatic carbocycles. The molecule has 0 saturated heterocycles. The molecule has 8 heteroatoms. The Morgan fingerprint density at radius 2 is 2.25 bits per heavy atom. The van der Waals surface area contributed by atoms with Gasteiger partial charge >= 0.3 is 6.09 Å². The summed E-state index contributed by atoms with van der Waals surface area (Å²) in [6.45, 7) is -0.285. The summed E-state index contributed by atoms with van der Waals surface area (Å²) < 4.78 is 5.28. The summed E-state index contributed by atoms with van der Waals surface area (Å²) in [7, 11) is 0. The van der Waals surface area contributed by atoms with E-state index in [9.17, 15) is 14.5 Å². The van der Waals surface area contributed by atoms with Crippen LogP contribution in [-0.4, -0.2) is 18.6 Å². The molecular formula is C8H7BrN2O4S. The third kappa shape index (κ3) is 3.38. The van der Waals surface area contributed by atoms with Crippen molar-refractivity contribution in [3.05, 3.63) is 25.7 Å². The molecule has 1 aromatic heterocycles. The van der Waals surface area contributed by atoms with Crippen molar-refractivity contribution in [3.8, 4) is 0 Å². The molecule has 2 amide bonds. The minimum atomic E-state index is -1.26. The van der Waals surface area contributed by atoms with Crippen molar-refractivity contribution < 1.29 is 14.3 Å². The van der Waals surface area contributed by atoms with E-state index in [1.807, 2.05) is 5.18 Å². The number of carbonyl (C=O) groups is 2. The largest absolute Gasteiger partial charge is 0.470 e. The molecule has 1 aromatic rings. The van der Waals surface area contributed by atoms with Crippen LogP contribution in [0.2, 0.25) is 0 Å². The van der Waals surface area contributed by atoms with Gasteiger partial charge in [-0.25, -0.2) is 4.79 Å². The van der Waals surface area contributed by atoms with Crippen LogP contribution in [0, 0.1) is 4.91 Å². The summed E-state index contributed by atoms with van der Waals surface area (Å²) in [5.74, 6) is -1.39. The molecular weight excluding hydrogens is 300 g/mol. The lowest BCUT2D eigenvalue weighted by Gasteiger charge is -2.09. The van der Waals surface area contributed by atoms with Crippen molar-refractivity contribution in [3.63, 3.8) is 0 Å². The maximum absolute atomic E-state index is 11.1. The molecule has 0 unspecified atom stereocenters. The van der Waals surface area contributed by atoms with Gasteiger partial charge in [-0.2, -0.15) is 0 Å². The predicted molar refractivity (Wildman–Crippen MR) is 61.1 cm³/mol. The molecule has 0 saturated carbocycles. The van der Waals surface area contributed by atoms with E-state index in [4.69, 9.17) is 5.73 Å². The first kappa shape index (κ1) is 12.8. The highest BCUT2D eigenvalue weighted by Crippen LogP contribution is 2.28. The smallest absolute Gasteiger partial charge is 0.445 e. The first-order valence-corrected chi connectivity index (χ1v) is 5.70. The lowest BCUT2D eigenvalue weighted by atomic mass is 10.1. The molecule has 1 atom stereocenters.